The first-order chi connectivity index (χ1) is 10.0. The fourth-order valence-electron chi connectivity index (χ4n) is 1.74. The van der Waals surface area contributed by atoms with Crippen LogP contribution in [0.3, 0.4) is 0 Å². The Kier molecular flexibility index (Phi) is 4.22. The number of anilines is 2. The number of aromatic carboxylic acids is 1. The summed E-state index contributed by atoms with van der Waals surface area (Å²) in [5.41, 5.74) is 6.59. The molecule has 2 aromatic rings. The summed E-state index contributed by atoms with van der Waals surface area (Å²) in [7, 11) is 1.52. The maximum atomic E-state index is 13.6. The molecule has 0 unspecified atom stereocenters. The normalized spacial score (nSPS) is 10.2. The van der Waals surface area contributed by atoms with E-state index in [1.165, 1.54) is 7.11 Å². The molecule has 6 nitrogen and oxygen atoms in total. The van der Waals surface area contributed by atoms with Crippen molar-refractivity contribution in [1.82, 2.24) is 4.98 Å². The van der Waals surface area contributed by atoms with Crippen LogP contribution >= 0.6 is 0 Å². The largest absolute Gasteiger partial charge is 0.481 e. The second-order valence-corrected chi connectivity index (χ2v) is 4.29. The average Bonchev–Trinajstić information content (AvgIpc) is 2.48. The number of methoxy groups -OCH3 is 1. The van der Waals surface area contributed by atoms with Crippen molar-refractivity contribution in [2.45, 2.75) is 6.54 Å². The van der Waals surface area contributed by atoms with Gasteiger partial charge in [0.15, 0.2) is 0 Å². The average molecular weight is 291 g/mol. The molecule has 1 aromatic heterocycles. The molecule has 0 fully saturated rings. The lowest BCUT2D eigenvalue weighted by Gasteiger charge is -2.11. The monoisotopic (exact) mass is 291 g/mol. The molecule has 0 spiro atoms. The number of hydrogen-bond donors (Lipinski definition) is 3. The van der Waals surface area contributed by atoms with Gasteiger partial charge in [0, 0.05) is 18.8 Å². The number of hydrogen-bond acceptors (Lipinski definition) is 5. The molecule has 0 bridgehead atoms. The summed E-state index contributed by atoms with van der Waals surface area (Å²) >= 11 is 0. The van der Waals surface area contributed by atoms with E-state index in [9.17, 15) is 9.18 Å². The van der Waals surface area contributed by atoms with Crippen LogP contribution in [0.5, 0.6) is 5.88 Å². The van der Waals surface area contributed by atoms with Gasteiger partial charge in [0.2, 0.25) is 5.88 Å². The van der Waals surface area contributed by atoms with Crippen LogP contribution in [0.25, 0.3) is 0 Å². The third-order valence-corrected chi connectivity index (χ3v) is 2.86. The second-order valence-electron chi connectivity index (χ2n) is 4.29. The van der Waals surface area contributed by atoms with Crippen molar-refractivity contribution in [3.05, 3.63) is 47.4 Å². The predicted molar refractivity (Wildman–Crippen MR) is 75.9 cm³/mol. The minimum atomic E-state index is -1.36. The van der Waals surface area contributed by atoms with E-state index in [1.807, 2.05) is 0 Å². The van der Waals surface area contributed by atoms with E-state index in [0.717, 1.165) is 17.7 Å². The quantitative estimate of drug-likeness (QED) is 0.730. The lowest BCUT2D eigenvalue weighted by molar-refractivity contribution is 0.0692. The van der Waals surface area contributed by atoms with Crippen LogP contribution in [0.4, 0.5) is 15.8 Å². The number of benzene rings is 1. The van der Waals surface area contributed by atoms with Gasteiger partial charge in [0.25, 0.3) is 0 Å². The van der Waals surface area contributed by atoms with E-state index in [1.54, 1.807) is 18.3 Å². The highest BCUT2D eigenvalue weighted by Gasteiger charge is 2.13. The van der Waals surface area contributed by atoms with E-state index < -0.39 is 17.3 Å². The molecule has 1 aromatic carbocycles. The fraction of sp³-hybridized carbons (Fsp3) is 0.143. The lowest BCUT2D eigenvalue weighted by atomic mass is 10.1. The molecule has 7 heteroatoms. The first kappa shape index (κ1) is 14.6. The molecule has 0 saturated carbocycles. The van der Waals surface area contributed by atoms with Gasteiger partial charge in [0.1, 0.15) is 5.82 Å². The Bertz CT molecular complexity index is 659. The summed E-state index contributed by atoms with van der Waals surface area (Å²) in [6.07, 6.45) is 1.62. The van der Waals surface area contributed by atoms with Gasteiger partial charge in [-0.3, -0.25) is 0 Å². The van der Waals surface area contributed by atoms with E-state index in [2.05, 4.69) is 10.3 Å². The zero-order chi connectivity index (χ0) is 15.4. The molecule has 4 N–H and O–H groups in total. The SMILES string of the molecule is COc1ccc(CNc2cc(F)c(C(=O)O)cc2N)cn1. The van der Waals surface area contributed by atoms with Crippen molar-refractivity contribution in [1.29, 1.82) is 0 Å². The van der Waals surface area contributed by atoms with Crippen LogP contribution in [0.15, 0.2) is 30.5 Å². The highest BCUT2D eigenvalue weighted by atomic mass is 19.1. The molecular weight excluding hydrogens is 277 g/mol. The van der Waals surface area contributed by atoms with E-state index >= 15 is 0 Å². The number of pyridine rings is 1. The van der Waals surface area contributed by atoms with Crippen LogP contribution in [-0.4, -0.2) is 23.2 Å². The van der Waals surface area contributed by atoms with E-state index in [-0.39, 0.29) is 5.69 Å². The molecule has 2 rings (SSSR count). The number of nitrogens with zero attached hydrogens (tertiary/aromatic N) is 1. The Hall–Kier alpha value is -2.83. The Morgan fingerprint density at radius 2 is 2.24 bits per heavy atom. The van der Waals surface area contributed by atoms with Gasteiger partial charge in [-0.2, -0.15) is 0 Å². The van der Waals surface area contributed by atoms with Gasteiger partial charge >= 0.3 is 5.97 Å². The Labute approximate surface area is 120 Å². The maximum absolute atomic E-state index is 13.6. The number of aromatic nitrogens is 1. The van der Waals surface area contributed by atoms with Crippen molar-refractivity contribution >= 4 is 17.3 Å². The van der Waals surface area contributed by atoms with Gasteiger partial charge in [-0.25, -0.2) is 14.2 Å². The summed E-state index contributed by atoms with van der Waals surface area (Å²) in [5.74, 6) is -1.70. The van der Waals surface area contributed by atoms with Gasteiger partial charge in [0.05, 0.1) is 24.0 Å². The van der Waals surface area contributed by atoms with Gasteiger partial charge in [-0.1, -0.05) is 6.07 Å². The minimum absolute atomic E-state index is 0.162. The molecule has 0 aliphatic heterocycles. The molecule has 1 heterocycles. The summed E-state index contributed by atoms with van der Waals surface area (Å²) in [5, 5.41) is 11.7. The number of nitrogens with one attached hydrogen (secondary N) is 1. The molecular formula is C14H14FN3O3. The number of carboxylic acids is 1. The number of nitrogens with two attached hydrogens (primary N) is 1. The van der Waals surface area contributed by atoms with Crippen LogP contribution in [0.2, 0.25) is 0 Å². The highest BCUT2D eigenvalue weighted by Crippen LogP contribution is 2.23. The summed E-state index contributed by atoms with van der Waals surface area (Å²) < 4.78 is 18.5. The zero-order valence-electron chi connectivity index (χ0n) is 11.3. The van der Waals surface area contributed by atoms with Crippen molar-refractivity contribution in [2.24, 2.45) is 0 Å². The lowest BCUT2D eigenvalue weighted by Crippen LogP contribution is -2.07. The van der Waals surface area contributed by atoms with E-state index in [0.29, 0.717) is 18.1 Å². The second kappa shape index (κ2) is 6.08. The number of rotatable bonds is 5. The number of carbonyl (C=O) groups is 1. The van der Waals surface area contributed by atoms with Crippen molar-refractivity contribution in [2.75, 3.05) is 18.2 Å². The third-order valence-electron chi connectivity index (χ3n) is 2.86. The van der Waals surface area contributed by atoms with Gasteiger partial charge in [-0.15, -0.1) is 0 Å². The van der Waals surface area contributed by atoms with Crippen LogP contribution in [0.1, 0.15) is 15.9 Å². The fourth-order valence-corrected chi connectivity index (χ4v) is 1.74. The first-order valence-corrected chi connectivity index (χ1v) is 6.06. The summed E-state index contributed by atoms with van der Waals surface area (Å²) in [6, 6.07) is 5.66. The molecule has 21 heavy (non-hydrogen) atoms. The van der Waals surface area contributed by atoms with Crippen molar-refractivity contribution in [3.8, 4) is 5.88 Å². The minimum Gasteiger partial charge on any atom is -0.481 e. The van der Waals surface area contributed by atoms with E-state index in [4.69, 9.17) is 15.6 Å². The van der Waals surface area contributed by atoms with Crippen LogP contribution in [0, 0.1) is 5.82 Å². The molecule has 0 amide bonds. The van der Waals surface area contributed by atoms with Crippen LogP contribution in [-0.2, 0) is 6.54 Å². The summed E-state index contributed by atoms with van der Waals surface area (Å²) in [6.45, 7) is 0.368. The standard InChI is InChI=1S/C14H14FN3O3/c1-21-13-3-2-8(7-18-13)6-17-12-5-10(15)9(14(19)20)4-11(12)16/h2-5,7,17H,6,16H2,1H3,(H,19,20). The number of carboxylic acid groups (broad SMARTS) is 1. The molecule has 0 saturated heterocycles. The molecule has 110 valence electrons. The third kappa shape index (κ3) is 3.38. The smallest absolute Gasteiger partial charge is 0.338 e. The molecule has 0 atom stereocenters. The van der Waals surface area contributed by atoms with Gasteiger partial charge in [-0.05, 0) is 17.7 Å². The predicted octanol–water partition coefficient (Wildman–Crippen LogP) is 2.12. The Morgan fingerprint density at radius 1 is 1.48 bits per heavy atom. The Balaban J connectivity index is 2.12. The van der Waals surface area contributed by atoms with Crippen LogP contribution < -0.4 is 15.8 Å². The zero-order valence-corrected chi connectivity index (χ0v) is 11.3. The number of ether oxygens (including phenoxy) is 1. The first-order valence-electron chi connectivity index (χ1n) is 6.06. The summed E-state index contributed by atoms with van der Waals surface area (Å²) in [4.78, 5) is 14.8. The highest BCUT2D eigenvalue weighted by molar-refractivity contribution is 5.90. The van der Waals surface area contributed by atoms with Gasteiger partial charge < -0.3 is 20.9 Å². The molecule has 0 radical (unpaired) electrons. The molecule has 0 aliphatic rings. The number of nitrogen functional groups attached to an aromatic ring is 1. The Morgan fingerprint density at radius 3 is 2.81 bits per heavy atom. The molecule has 0 aliphatic carbocycles. The number of halogens is 1. The van der Waals surface area contributed by atoms with Crippen molar-refractivity contribution in [3.63, 3.8) is 0 Å². The topological polar surface area (TPSA) is 97.5 Å². The maximum Gasteiger partial charge on any atom is 0.338 e. The van der Waals surface area contributed by atoms with Crippen molar-refractivity contribution < 1.29 is 19.0 Å².